The summed E-state index contributed by atoms with van der Waals surface area (Å²) in [6.45, 7) is 2.15. The van der Waals surface area contributed by atoms with Crippen LogP contribution in [-0.2, 0) is 12.8 Å². The zero-order valence-corrected chi connectivity index (χ0v) is 10.8. The van der Waals surface area contributed by atoms with Gasteiger partial charge in [0.1, 0.15) is 0 Å². The van der Waals surface area contributed by atoms with E-state index in [-0.39, 0.29) is 6.04 Å². The van der Waals surface area contributed by atoms with Gasteiger partial charge in [-0.1, -0.05) is 49.4 Å². The Kier molecular flexibility index (Phi) is 2.92. The van der Waals surface area contributed by atoms with E-state index in [1.165, 1.54) is 27.8 Å². The van der Waals surface area contributed by atoms with Crippen molar-refractivity contribution in [3.8, 4) is 11.1 Å². The molecule has 0 heterocycles. The molecule has 0 aromatic heterocycles. The first-order valence-electron chi connectivity index (χ1n) is 6.73. The Morgan fingerprint density at radius 1 is 1.06 bits per heavy atom. The first-order chi connectivity index (χ1) is 8.78. The zero-order chi connectivity index (χ0) is 12.5. The molecule has 1 atom stereocenters. The number of hydrogen-bond donors (Lipinski definition) is 1. The summed E-state index contributed by atoms with van der Waals surface area (Å²) in [6, 6.07) is 15.8. The maximum Gasteiger partial charge on any atom is 0.00766 e. The number of rotatable bonds is 3. The lowest BCUT2D eigenvalue weighted by molar-refractivity contribution is 0.646. The number of hydrogen-bond acceptors (Lipinski definition) is 1. The van der Waals surface area contributed by atoms with Crippen LogP contribution in [0.2, 0.25) is 0 Å². The average Bonchev–Trinajstić information content (AvgIpc) is 2.76. The summed E-state index contributed by atoms with van der Waals surface area (Å²) in [7, 11) is 0. The SMILES string of the molecule is CCC(N)Cc1ccc2c(c1)Cc1ccccc1-2. The van der Waals surface area contributed by atoms with Crippen molar-refractivity contribution in [2.24, 2.45) is 5.73 Å². The highest BCUT2D eigenvalue weighted by molar-refractivity contribution is 5.76. The van der Waals surface area contributed by atoms with E-state index in [1.807, 2.05) is 0 Å². The van der Waals surface area contributed by atoms with E-state index in [4.69, 9.17) is 5.73 Å². The van der Waals surface area contributed by atoms with Crippen LogP contribution in [0.15, 0.2) is 42.5 Å². The predicted octanol–water partition coefficient (Wildman–Crippen LogP) is 3.54. The van der Waals surface area contributed by atoms with Crippen LogP contribution in [-0.4, -0.2) is 6.04 Å². The topological polar surface area (TPSA) is 26.0 Å². The van der Waals surface area contributed by atoms with Gasteiger partial charge in [0.2, 0.25) is 0 Å². The van der Waals surface area contributed by atoms with Crippen molar-refractivity contribution in [1.82, 2.24) is 0 Å². The highest BCUT2D eigenvalue weighted by atomic mass is 14.6. The fraction of sp³-hybridized carbons (Fsp3) is 0.294. The van der Waals surface area contributed by atoms with Crippen LogP contribution in [0.1, 0.15) is 30.0 Å². The van der Waals surface area contributed by atoms with Crippen LogP contribution in [0.3, 0.4) is 0 Å². The lowest BCUT2D eigenvalue weighted by atomic mass is 9.99. The molecule has 0 radical (unpaired) electrons. The Bertz CT molecular complexity index is 572. The van der Waals surface area contributed by atoms with Crippen molar-refractivity contribution >= 4 is 0 Å². The summed E-state index contributed by atoms with van der Waals surface area (Å²) in [5.41, 5.74) is 13.1. The van der Waals surface area contributed by atoms with Crippen LogP contribution in [0.25, 0.3) is 11.1 Å². The van der Waals surface area contributed by atoms with Crippen molar-refractivity contribution in [2.45, 2.75) is 32.2 Å². The predicted molar refractivity (Wildman–Crippen MR) is 76.7 cm³/mol. The molecule has 92 valence electrons. The molecule has 0 fully saturated rings. The van der Waals surface area contributed by atoms with E-state index in [1.54, 1.807) is 0 Å². The second-order valence-corrected chi connectivity index (χ2v) is 5.20. The van der Waals surface area contributed by atoms with Crippen molar-refractivity contribution in [3.05, 3.63) is 59.2 Å². The summed E-state index contributed by atoms with van der Waals surface area (Å²) in [5.74, 6) is 0. The molecule has 1 aliphatic carbocycles. The van der Waals surface area contributed by atoms with Crippen LogP contribution in [0.5, 0.6) is 0 Å². The minimum Gasteiger partial charge on any atom is -0.327 e. The second kappa shape index (κ2) is 4.58. The lowest BCUT2D eigenvalue weighted by Crippen LogP contribution is -2.21. The van der Waals surface area contributed by atoms with Gasteiger partial charge in [-0.25, -0.2) is 0 Å². The fourth-order valence-corrected chi connectivity index (χ4v) is 2.77. The molecule has 0 aliphatic heterocycles. The molecule has 0 spiro atoms. The normalized spacial score (nSPS) is 14.1. The average molecular weight is 237 g/mol. The van der Waals surface area contributed by atoms with Gasteiger partial charge in [-0.2, -0.15) is 0 Å². The van der Waals surface area contributed by atoms with E-state index >= 15 is 0 Å². The number of benzene rings is 2. The minimum atomic E-state index is 0.284. The molecule has 0 saturated heterocycles. The molecule has 2 aromatic carbocycles. The summed E-state index contributed by atoms with van der Waals surface area (Å²) in [5, 5.41) is 0. The third-order valence-electron chi connectivity index (χ3n) is 3.88. The maximum absolute atomic E-state index is 6.03. The van der Waals surface area contributed by atoms with Crippen LogP contribution in [0.4, 0.5) is 0 Å². The lowest BCUT2D eigenvalue weighted by Gasteiger charge is -2.10. The molecule has 1 heteroatoms. The van der Waals surface area contributed by atoms with Gasteiger partial charge in [-0.15, -0.1) is 0 Å². The summed E-state index contributed by atoms with van der Waals surface area (Å²) < 4.78 is 0. The molecule has 1 aliphatic rings. The Balaban J connectivity index is 1.93. The first-order valence-corrected chi connectivity index (χ1v) is 6.73. The molecule has 3 rings (SSSR count). The summed E-state index contributed by atoms with van der Waals surface area (Å²) in [6.07, 6.45) is 3.10. The van der Waals surface area contributed by atoms with Gasteiger partial charge in [-0.3, -0.25) is 0 Å². The molecule has 0 bridgehead atoms. The molecule has 0 saturated carbocycles. The van der Waals surface area contributed by atoms with E-state index < -0.39 is 0 Å². The summed E-state index contributed by atoms with van der Waals surface area (Å²) >= 11 is 0. The Morgan fingerprint density at radius 2 is 1.83 bits per heavy atom. The smallest absolute Gasteiger partial charge is 0.00766 e. The van der Waals surface area contributed by atoms with Gasteiger partial charge in [0.05, 0.1) is 0 Å². The van der Waals surface area contributed by atoms with Gasteiger partial charge >= 0.3 is 0 Å². The second-order valence-electron chi connectivity index (χ2n) is 5.20. The van der Waals surface area contributed by atoms with Crippen LogP contribution in [0, 0.1) is 0 Å². The van der Waals surface area contributed by atoms with E-state index in [2.05, 4.69) is 49.4 Å². The monoisotopic (exact) mass is 237 g/mol. The Morgan fingerprint density at radius 3 is 2.67 bits per heavy atom. The van der Waals surface area contributed by atoms with Gasteiger partial charge < -0.3 is 5.73 Å². The van der Waals surface area contributed by atoms with E-state index in [0.717, 1.165) is 19.3 Å². The van der Waals surface area contributed by atoms with Crippen molar-refractivity contribution in [1.29, 1.82) is 0 Å². The number of nitrogens with two attached hydrogens (primary N) is 1. The highest BCUT2D eigenvalue weighted by Gasteiger charge is 2.17. The fourth-order valence-electron chi connectivity index (χ4n) is 2.77. The Labute approximate surface area is 109 Å². The molecule has 2 N–H and O–H groups in total. The van der Waals surface area contributed by atoms with Gasteiger partial charge in [-0.05, 0) is 47.1 Å². The zero-order valence-electron chi connectivity index (χ0n) is 10.8. The van der Waals surface area contributed by atoms with Crippen LogP contribution < -0.4 is 5.73 Å². The quantitative estimate of drug-likeness (QED) is 0.741. The minimum absolute atomic E-state index is 0.284. The molecular weight excluding hydrogens is 218 g/mol. The van der Waals surface area contributed by atoms with Crippen molar-refractivity contribution in [2.75, 3.05) is 0 Å². The van der Waals surface area contributed by atoms with Gasteiger partial charge in [0.15, 0.2) is 0 Å². The van der Waals surface area contributed by atoms with Crippen molar-refractivity contribution in [3.63, 3.8) is 0 Å². The third kappa shape index (κ3) is 1.95. The Hall–Kier alpha value is -1.60. The van der Waals surface area contributed by atoms with E-state index in [9.17, 15) is 0 Å². The van der Waals surface area contributed by atoms with Crippen LogP contribution >= 0.6 is 0 Å². The van der Waals surface area contributed by atoms with E-state index in [0.29, 0.717) is 0 Å². The molecule has 1 nitrogen and oxygen atoms in total. The first kappa shape index (κ1) is 11.5. The van der Waals surface area contributed by atoms with Gasteiger partial charge in [0, 0.05) is 6.04 Å². The standard InChI is InChI=1S/C17H19N/c1-2-15(18)10-12-7-8-17-14(9-12)11-13-5-3-4-6-16(13)17/h3-9,15H,2,10-11,18H2,1H3. The van der Waals surface area contributed by atoms with Gasteiger partial charge in [0.25, 0.3) is 0 Å². The summed E-state index contributed by atoms with van der Waals surface area (Å²) in [4.78, 5) is 0. The number of fused-ring (bicyclic) bond motifs is 3. The van der Waals surface area contributed by atoms with Crippen molar-refractivity contribution < 1.29 is 0 Å². The molecule has 1 unspecified atom stereocenters. The molecule has 0 amide bonds. The molecule has 18 heavy (non-hydrogen) atoms. The third-order valence-corrected chi connectivity index (χ3v) is 3.88. The largest absolute Gasteiger partial charge is 0.327 e. The highest BCUT2D eigenvalue weighted by Crippen LogP contribution is 2.36. The molecular formula is C17H19N. The maximum atomic E-state index is 6.03. The molecule has 2 aromatic rings.